The van der Waals surface area contributed by atoms with Gasteiger partial charge in [0.1, 0.15) is 5.60 Å². The van der Waals surface area contributed by atoms with Crippen molar-refractivity contribution in [3.8, 4) is 0 Å². The molecule has 0 saturated carbocycles. The van der Waals surface area contributed by atoms with Crippen LogP contribution in [0.5, 0.6) is 0 Å². The summed E-state index contributed by atoms with van der Waals surface area (Å²) in [7, 11) is 0. The monoisotopic (exact) mass is 489 g/mol. The topological polar surface area (TPSA) is 96.5 Å². The summed E-state index contributed by atoms with van der Waals surface area (Å²) in [5.41, 5.74) is 1.94. The van der Waals surface area contributed by atoms with Crippen LogP contribution in [0.15, 0.2) is 53.0 Å². The van der Waals surface area contributed by atoms with Crippen LogP contribution in [0.25, 0.3) is 0 Å². The number of rotatable bonds is 8. The molecular formula is C23H28BrN3O4. The van der Waals surface area contributed by atoms with Crippen LogP contribution < -0.4 is 16.0 Å². The number of carbonyl (C=O) groups excluding carboxylic acids is 3. The van der Waals surface area contributed by atoms with Crippen LogP contribution >= 0.6 is 15.9 Å². The fraction of sp³-hybridized carbons (Fsp3) is 0.348. The third-order valence-corrected chi connectivity index (χ3v) is 4.55. The fourth-order valence-electron chi connectivity index (χ4n) is 2.57. The minimum absolute atomic E-state index is 0.0582. The molecule has 3 N–H and O–H groups in total. The van der Waals surface area contributed by atoms with E-state index in [1.807, 2.05) is 36.4 Å². The van der Waals surface area contributed by atoms with Crippen molar-refractivity contribution in [1.82, 2.24) is 10.6 Å². The normalized spacial score (nSPS) is 10.8. The Morgan fingerprint density at radius 1 is 0.871 bits per heavy atom. The number of alkyl carbamates (subject to hydrolysis) is 1. The highest BCUT2D eigenvalue weighted by atomic mass is 79.9. The van der Waals surface area contributed by atoms with Gasteiger partial charge in [0.2, 0.25) is 11.8 Å². The van der Waals surface area contributed by atoms with Crippen molar-refractivity contribution in [3.63, 3.8) is 0 Å². The maximum atomic E-state index is 12.1. The second-order valence-electron chi connectivity index (χ2n) is 8.00. The van der Waals surface area contributed by atoms with Gasteiger partial charge in [-0.25, -0.2) is 4.79 Å². The molecule has 0 spiro atoms. The predicted molar refractivity (Wildman–Crippen MR) is 124 cm³/mol. The second kappa shape index (κ2) is 11.5. The van der Waals surface area contributed by atoms with E-state index in [9.17, 15) is 14.4 Å². The van der Waals surface area contributed by atoms with Gasteiger partial charge in [-0.05, 0) is 56.2 Å². The van der Waals surface area contributed by atoms with Gasteiger partial charge < -0.3 is 20.7 Å². The zero-order chi connectivity index (χ0) is 22.9. The van der Waals surface area contributed by atoms with E-state index in [0.717, 1.165) is 15.6 Å². The molecular weight excluding hydrogens is 462 g/mol. The lowest BCUT2D eigenvalue weighted by Gasteiger charge is -2.19. The first-order valence-electron chi connectivity index (χ1n) is 9.97. The van der Waals surface area contributed by atoms with E-state index in [1.165, 1.54) is 0 Å². The zero-order valence-corrected chi connectivity index (χ0v) is 19.5. The molecule has 2 aromatic carbocycles. The molecule has 7 nitrogen and oxygen atoms in total. The highest BCUT2D eigenvalue weighted by molar-refractivity contribution is 9.10. The number of benzene rings is 2. The number of nitrogens with one attached hydrogen (secondary N) is 3. The molecule has 8 heteroatoms. The molecule has 0 fully saturated rings. The quantitative estimate of drug-likeness (QED) is 0.518. The third kappa shape index (κ3) is 10.1. The fourth-order valence-corrected chi connectivity index (χ4v) is 2.84. The predicted octanol–water partition coefficient (Wildman–Crippen LogP) is 4.16. The average Bonchev–Trinajstić information content (AvgIpc) is 2.68. The molecule has 0 radical (unpaired) electrons. The molecule has 2 rings (SSSR count). The van der Waals surface area contributed by atoms with E-state index in [4.69, 9.17) is 4.74 Å². The maximum absolute atomic E-state index is 12.1. The molecule has 0 heterocycles. The van der Waals surface area contributed by atoms with Crippen molar-refractivity contribution < 1.29 is 19.1 Å². The van der Waals surface area contributed by atoms with Crippen LogP contribution in [-0.4, -0.2) is 30.1 Å². The number of ether oxygens (including phenoxy) is 1. The van der Waals surface area contributed by atoms with Gasteiger partial charge in [0.15, 0.2) is 0 Å². The van der Waals surface area contributed by atoms with Crippen molar-refractivity contribution in [1.29, 1.82) is 0 Å². The van der Waals surface area contributed by atoms with Gasteiger partial charge in [-0.2, -0.15) is 0 Å². The highest BCUT2D eigenvalue weighted by Crippen LogP contribution is 2.12. The van der Waals surface area contributed by atoms with Gasteiger partial charge in [-0.15, -0.1) is 0 Å². The number of carbonyl (C=O) groups is 3. The van der Waals surface area contributed by atoms with E-state index in [1.54, 1.807) is 32.9 Å². The molecule has 3 amide bonds. The molecule has 0 saturated heterocycles. The molecule has 0 aliphatic heterocycles. The summed E-state index contributed by atoms with van der Waals surface area (Å²) in [6.45, 7) is 5.91. The van der Waals surface area contributed by atoms with Gasteiger partial charge in [-0.1, -0.05) is 40.2 Å². The molecule has 0 atom stereocenters. The zero-order valence-electron chi connectivity index (χ0n) is 18.0. The van der Waals surface area contributed by atoms with E-state index in [0.29, 0.717) is 18.7 Å². The number of halogens is 1. The Bertz CT molecular complexity index is 891. The van der Waals surface area contributed by atoms with Crippen molar-refractivity contribution in [2.75, 3.05) is 11.9 Å². The van der Waals surface area contributed by atoms with E-state index in [2.05, 4.69) is 31.9 Å². The Morgan fingerprint density at radius 3 is 2.10 bits per heavy atom. The first-order valence-corrected chi connectivity index (χ1v) is 10.8. The Morgan fingerprint density at radius 2 is 1.48 bits per heavy atom. The second-order valence-corrected chi connectivity index (χ2v) is 8.92. The van der Waals surface area contributed by atoms with Crippen LogP contribution in [0.3, 0.4) is 0 Å². The van der Waals surface area contributed by atoms with E-state index < -0.39 is 11.7 Å². The minimum Gasteiger partial charge on any atom is -0.444 e. The summed E-state index contributed by atoms with van der Waals surface area (Å²) in [6.07, 6.45) is -0.0990. The minimum atomic E-state index is -0.577. The molecule has 31 heavy (non-hydrogen) atoms. The number of anilines is 1. The summed E-state index contributed by atoms with van der Waals surface area (Å²) in [5, 5.41) is 8.21. The number of hydrogen-bond acceptors (Lipinski definition) is 4. The third-order valence-electron chi connectivity index (χ3n) is 4.03. The van der Waals surface area contributed by atoms with Crippen LogP contribution in [0.4, 0.5) is 10.5 Å². The van der Waals surface area contributed by atoms with Gasteiger partial charge in [0.25, 0.3) is 0 Å². The Balaban J connectivity index is 1.70. The summed E-state index contributed by atoms with van der Waals surface area (Å²) in [4.78, 5) is 35.7. The SMILES string of the molecule is CC(C)(C)OC(=O)NCCC(=O)Nc1ccc(CNC(=O)Cc2ccc(Br)cc2)cc1. The molecule has 0 unspecified atom stereocenters. The largest absolute Gasteiger partial charge is 0.444 e. The number of hydrogen-bond donors (Lipinski definition) is 3. The first kappa shape index (κ1) is 24.4. The van der Waals surface area contributed by atoms with Gasteiger partial charge >= 0.3 is 6.09 Å². The summed E-state index contributed by atoms with van der Waals surface area (Å²) >= 11 is 3.37. The van der Waals surface area contributed by atoms with Gasteiger partial charge in [-0.3, -0.25) is 9.59 Å². The van der Waals surface area contributed by atoms with Crippen molar-refractivity contribution in [2.24, 2.45) is 0 Å². The molecule has 2 aromatic rings. The Kier molecular flexibility index (Phi) is 9.05. The number of amides is 3. The smallest absolute Gasteiger partial charge is 0.407 e. The molecule has 0 aromatic heterocycles. The van der Waals surface area contributed by atoms with Crippen molar-refractivity contribution in [3.05, 3.63) is 64.1 Å². The first-order chi connectivity index (χ1) is 14.6. The van der Waals surface area contributed by atoms with Crippen molar-refractivity contribution >= 4 is 39.5 Å². The van der Waals surface area contributed by atoms with Crippen LogP contribution in [0, 0.1) is 0 Å². The highest BCUT2D eigenvalue weighted by Gasteiger charge is 2.15. The van der Waals surface area contributed by atoms with Gasteiger partial charge in [0.05, 0.1) is 6.42 Å². The lowest BCUT2D eigenvalue weighted by Crippen LogP contribution is -2.34. The average molecular weight is 490 g/mol. The van der Waals surface area contributed by atoms with E-state index in [-0.39, 0.29) is 24.8 Å². The van der Waals surface area contributed by atoms with E-state index >= 15 is 0 Å². The molecule has 0 aliphatic rings. The van der Waals surface area contributed by atoms with Crippen LogP contribution in [-0.2, 0) is 27.3 Å². The van der Waals surface area contributed by atoms with Gasteiger partial charge in [0, 0.05) is 29.7 Å². The lowest BCUT2D eigenvalue weighted by atomic mass is 10.1. The Hall–Kier alpha value is -2.87. The Labute approximate surface area is 191 Å². The van der Waals surface area contributed by atoms with Crippen molar-refractivity contribution in [2.45, 2.75) is 45.8 Å². The molecule has 166 valence electrons. The summed E-state index contributed by atoms with van der Waals surface area (Å²) in [5.74, 6) is -0.274. The molecule has 0 bridgehead atoms. The lowest BCUT2D eigenvalue weighted by molar-refractivity contribution is -0.120. The standard InChI is InChI=1S/C23H28BrN3O4/c1-23(2,3)31-22(30)25-13-12-20(28)27-19-10-6-17(7-11-19)15-26-21(29)14-16-4-8-18(24)9-5-16/h4-11H,12-15H2,1-3H3,(H,25,30)(H,26,29)(H,27,28). The van der Waals surface area contributed by atoms with Crippen LogP contribution in [0.1, 0.15) is 38.3 Å². The summed E-state index contributed by atoms with van der Waals surface area (Å²) in [6, 6.07) is 14.9. The van der Waals surface area contributed by atoms with Crippen LogP contribution in [0.2, 0.25) is 0 Å². The maximum Gasteiger partial charge on any atom is 0.407 e. The molecule has 0 aliphatic carbocycles. The summed E-state index contributed by atoms with van der Waals surface area (Å²) < 4.78 is 6.09.